The van der Waals surface area contributed by atoms with Gasteiger partial charge in [-0.25, -0.2) is 0 Å². The monoisotopic (exact) mass is 155 g/mol. The highest BCUT2D eigenvalue weighted by molar-refractivity contribution is 4.92. The van der Waals surface area contributed by atoms with Crippen molar-refractivity contribution in [3.05, 3.63) is 0 Å². The normalized spacial score (nSPS) is 37.4. The Kier molecular flexibility index (Phi) is 2.94. The zero-order chi connectivity index (χ0) is 8.43. The second kappa shape index (κ2) is 3.57. The molecular weight excluding hydrogens is 134 g/mol. The molecule has 0 N–H and O–H groups in total. The van der Waals surface area contributed by atoms with Crippen LogP contribution in [0.4, 0.5) is 0 Å². The minimum atomic E-state index is 0.880. The van der Waals surface area contributed by atoms with Crippen molar-refractivity contribution in [3.63, 3.8) is 0 Å². The predicted octanol–water partition coefficient (Wildman–Crippen LogP) is 2.37. The van der Waals surface area contributed by atoms with E-state index in [1.807, 2.05) is 0 Å². The molecule has 0 saturated heterocycles. The lowest BCUT2D eigenvalue weighted by Crippen LogP contribution is -2.50. The molecule has 0 aromatic heterocycles. The van der Waals surface area contributed by atoms with Crippen molar-refractivity contribution in [2.45, 2.75) is 39.2 Å². The average Bonchev–Trinajstić information content (AvgIpc) is 1.86. The molecule has 1 saturated carbocycles. The second-order valence-corrected chi connectivity index (χ2v) is 4.03. The Balaban J connectivity index is 2.42. The maximum atomic E-state index is 2.41. The molecule has 0 aliphatic heterocycles. The molecule has 1 heteroatoms. The van der Waals surface area contributed by atoms with Gasteiger partial charge in [0.15, 0.2) is 0 Å². The van der Waals surface area contributed by atoms with Gasteiger partial charge in [0.25, 0.3) is 0 Å². The smallest absolute Gasteiger partial charge is 0.0146 e. The topological polar surface area (TPSA) is 3.24 Å². The summed E-state index contributed by atoms with van der Waals surface area (Å²) in [4.78, 5) is 2.41. The van der Waals surface area contributed by atoms with E-state index < -0.39 is 0 Å². The van der Waals surface area contributed by atoms with Gasteiger partial charge >= 0.3 is 0 Å². The van der Waals surface area contributed by atoms with E-state index in [0.29, 0.717) is 0 Å². The van der Waals surface area contributed by atoms with Crippen LogP contribution in [0.5, 0.6) is 0 Å². The predicted molar refractivity (Wildman–Crippen MR) is 49.7 cm³/mol. The summed E-state index contributed by atoms with van der Waals surface area (Å²) >= 11 is 0. The van der Waals surface area contributed by atoms with E-state index in [4.69, 9.17) is 0 Å². The van der Waals surface area contributed by atoms with Crippen LogP contribution in [0.25, 0.3) is 0 Å². The Bertz CT molecular complexity index is 110. The molecule has 1 rings (SSSR count). The van der Waals surface area contributed by atoms with Gasteiger partial charge < -0.3 is 4.90 Å². The molecule has 0 bridgehead atoms. The van der Waals surface area contributed by atoms with Gasteiger partial charge in [0.1, 0.15) is 0 Å². The van der Waals surface area contributed by atoms with Gasteiger partial charge in [0.2, 0.25) is 0 Å². The first-order valence-corrected chi connectivity index (χ1v) is 4.87. The molecule has 1 fully saturated rings. The lowest BCUT2D eigenvalue weighted by atomic mass is 9.67. The standard InChI is InChI=1S/C10H21N/c1-5-8-7-9(6-2)10(8)11(3)4/h8-10H,5-7H2,1-4H3. The van der Waals surface area contributed by atoms with Crippen molar-refractivity contribution in [3.8, 4) is 0 Å². The van der Waals surface area contributed by atoms with Gasteiger partial charge in [-0.15, -0.1) is 0 Å². The molecule has 2 atom stereocenters. The number of hydrogen-bond donors (Lipinski definition) is 0. The van der Waals surface area contributed by atoms with Crippen molar-refractivity contribution < 1.29 is 0 Å². The first kappa shape index (κ1) is 9.05. The first-order chi connectivity index (χ1) is 5.20. The van der Waals surface area contributed by atoms with Crippen LogP contribution in [0.1, 0.15) is 33.1 Å². The molecule has 11 heavy (non-hydrogen) atoms. The summed E-state index contributed by atoms with van der Waals surface area (Å²) in [7, 11) is 4.43. The van der Waals surface area contributed by atoms with Crippen LogP contribution in [-0.2, 0) is 0 Å². The highest BCUT2D eigenvalue weighted by Crippen LogP contribution is 2.40. The van der Waals surface area contributed by atoms with Crippen LogP contribution in [0.15, 0.2) is 0 Å². The summed E-state index contributed by atoms with van der Waals surface area (Å²) in [5.74, 6) is 1.96. The minimum Gasteiger partial charge on any atom is -0.306 e. The van der Waals surface area contributed by atoms with Crippen LogP contribution < -0.4 is 0 Å². The number of nitrogens with zero attached hydrogens (tertiary/aromatic N) is 1. The lowest BCUT2D eigenvalue weighted by Gasteiger charge is -2.48. The van der Waals surface area contributed by atoms with Crippen LogP contribution in [0.3, 0.4) is 0 Å². The Labute approximate surface area is 70.8 Å². The van der Waals surface area contributed by atoms with Crippen LogP contribution in [-0.4, -0.2) is 25.0 Å². The van der Waals surface area contributed by atoms with Crippen molar-refractivity contribution >= 4 is 0 Å². The van der Waals surface area contributed by atoms with Gasteiger partial charge in [0, 0.05) is 6.04 Å². The van der Waals surface area contributed by atoms with E-state index in [1.54, 1.807) is 0 Å². The van der Waals surface area contributed by atoms with Crippen molar-refractivity contribution in [2.24, 2.45) is 11.8 Å². The van der Waals surface area contributed by atoms with E-state index >= 15 is 0 Å². The Morgan fingerprint density at radius 3 is 1.82 bits per heavy atom. The van der Waals surface area contributed by atoms with Gasteiger partial charge in [0.05, 0.1) is 0 Å². The highest BCUT2D eigenvalue weighted by atomic mass is 15.1. The van der Waals surface area contributed by atoms with Crippen LogP contribution in [0.2, 0.25) is 0 Å². The van der Waals surface area contributed by atoms with Crippen LogP contribution >= 0.6 is 0 Å². The molecular formula is C10H21N. The van der Waals surface area contributed by atoms with E-state index in [-0.39, 0.29) is 0 Å². The van der Waals surface area contributed by atoms with Crippen LogP contribution in [0, 0.1) is 11.8 Å². The largest absolute Gasteiger partial charge is 0.306 e. The Morgan fingerprint density at radius 2 is 1.55 bits per heavy atom. The minimum absolute atomic E-state index is 0.880. The van der Waals surface area contributed by atoms with Gasteiger partial charge in [-0.05, 0) is 32.4 Å². The maximum absolute atomic E-state index is 2.41. The maximum Gasteiger partial charge on any atom is 0.0146 e. The molecule has 0 aromatic carbocycles. The Morgan fingerprint density at radius 1 is 1.09 bits per heavy atom. The second-order valence-electron chi connectivity index (χ2n) is 4.03. The number of rotatable bonds is 3. The quantitative estimate of drug-likeness (QED) is 0.605. The molecule has 0 amide bonds. The third-order valence-electron chi connectivity index (χ3n) is 3.22. The molecule has 0 aromatic rings. The summed E-state index contributed by atoms with van der Waals surface area (Å²) in [6.07, 6.45) is 4.19. The molecule has 0 heterocycles. The zero-order valence-corrected chi connectivity index (χ0v) is 8.30. The fourth-order valence-corrected chi connectivity index (χ4v) is 2.52. The summed E-state index contributed by atoms with van der Waals surface area (Å²) < 4.78 is 0. The first-order valence-electron chi connectivity index (χ1n) is 4.87. The number of hydrogen-bond acceptors (Lipinski definition) is 1. The lowest BCUT2D eigenvalue weighted by molar-refractivity contribution is 0.0249. The van der Waals surface area contributed by atoms with Crippen molar-refractivity contribution in [1.82, 2.24) is 4.90 Å². The molecule has 2 unspecified atom stereocenters. The summed E-state index contributed by atoms with van der Waals surface area (Å²) in [5, 5.41) is 0. The summed E-state index contributed by atoms with van der Waals surface area (Å²) in [5.41, 5.74) is 0. The zero-order valence-electron chi connectivity index (χ0n) is 8.30. The van der Waals surface area contributed by atoms with Gasteiger partial charge in [-0.3, -0.25) is 0 Å². The SMILES string of the molecule is CCC1CC(CC)C1N(C)C. The average molecular weight is 155 g/mol. The third-order valence-corrected chi connectivity index (χ3v) is 3.22. The van der Waals surface area contributed by atoms with E-state index in [9.17, 15) is 0 Å². The molecule has 1 nitrogen and oxygen atoms in total. The van der Waals surface area contributed by atoms with Crippen molar-refractivity contribution in [1.29, 1.82) is 0 Å². The van der Waals surface area contributed by atoms with E-state index in [1.165, 1.54) is 19.3 Å². The van der Waals surface area contributed by atoms with Gasteiger partial charge in [-0.2, -0.15) is 0 Å². The molecule has 0 spiro atoms. The fraction of sp³-hybridized carbons (Fsp3) is 1.00. The molecule has 0 radical (unpaired) electrons. The van der Waals surface area contributed by atoms with Gasteiger partial charge in [-0.1, -0.05) is 26.7 Å². The van der Waals surface area contributed by atoms with E-state index in [0.717, 1.165) is 17.9 Å². The van der Waals surface area contributed by atoms with E-state index in [2.05, 4.69) is 32.8 Å². The summed E-state index contributed by atoms with van der Waals surface area (Å²) in [6.45, 7) is 4.63. The molecule has 1 aliphatic rings. The fourth-order valence-electron chi connectivity index (χ4n) is 2.52. The molecule has 66 valence electrons. The Hall–Kier alpha value is -0.0400. The molecule has 1 aliphatic carbocycles. The van der Waals surface area contributed by atoms with Crippen molar-refractivity contribution in [2.75, 3.05) is 14.1 Å². The summed E-state index contributed by atoms with van der Waals surface area (Å²) in [6, 6.07) is 0.880. The third kappa shape index (κ3) is 1.58. The highest BCUT2D eigenvalue weighted by Gasteiger charge is 2.39.